The largest absolute Gasteiger partial charge is 0.454 e. The molecule has 108 valence electrons. The lowest BCUT2D eigenvalue weighted by Crippen LogP contribution is -2.22. The van der Waals surface area contributed by atoms with Crippen LogP contribution in [-0.4, -0.2) is 12.7 Å². The first-order valence-corrected chi connectivity index (χ1v) is 7.11. The van der Waals surface area contributed by atoms with Crippen LogP contribution in [0.25, 0.3) is 0 Å². The number of fused-ring (bicyclic) bond motifs is 1. The molecular formula is C16H14ClNO3. The van der Waals surface area contributed by atoms with Crippen LogP contribution in [0.3, 0.4) is 0 Å². The minimum absolute atomic E-state index is 0.125. The fourth-order valence-electron chi connectivity index (χ4n) is 2.13. The molecule has 1 N–H and O–H groups in total. The van der Waals surface area contributed by atoms with Crippen LogP contribution in [0.5, 0.6) is 11.5 Å². The first-order valence-electron chi connectivity index (χ1n) is 6.58. The van der Waals surface area contributed by atoms with Gasteiger partial charge in [0.1, 0.15) is 0 Å². The van der Waals surface area contributed by atoms with Gasteiger partial charge in [0.2, 0.25) is 6.79 Å². The highest BCUT2D eigenvalue weighted by Gasteiger charge is 2.13. The lowest BCUT2D eigenvalue weighted by atomic mass is 10.1. The van der Waals surface area contributed by atoms with E-state index in [2.05, 4.69) is 5.32 Å². The number of carbonyl (C=O) groups is 1. The molecule has 2 aromatic carbocycles. The quantitative estimate of drug-likeness (QED) is 0.883. The molecule has 3 rings (SSSR count). The standard InChI is InChI=1S/C16H14ClNO3/c17-8-11-2-1-3-13(6-11)16(19)18-9-12-4-5-14-15(7-12)21-10-20-14/h1-7H,8-10H2,(H,18,19). The van der Waals surface area contributed by atoms with E-state index in [9.17, 15) is 4.79 Å². The third-order valence-corrected chi connectivity index (χ3v) is 3.54. The molecule has 0 saturated heterocycles. The van der Waals surface area contributed by atoms with Crippen molar-refractivity contribution in [2.24, 2.45) is 0 Å². The average Bonchev–Trinajstić information content (AvgIpc) is 3.00. The normalized spacial score (nSPS) is 12.2. The van der Waals surface area contributed by atoms with E-state index in [1.165, 1.54) is 0 Å². The number of halogens is 1. The Labute approximate surface area is 127 Å². The highest BCUT2D eigenvalue weighted by molar-refractivity contribution is 6.17. The first kappa shape index (κ1) is 13.8. The lowest BCUT2D eigenvalue weighted by molar-refractivity contribution is 0.0950. The van der Waals surface area contributed by atoms with Gasteiger partial charge >= 0.3 is 0 Å². The van der Waals surface area contributed by atoms with Gasteiger partial charge in [0.15, 0.2) is 11.5 Å². The zero-order valence-corrected chi connectivity index (χ0v) is 12.0. The van der Waals surface area contributed by atoms with Crippen LogP contribution < -0.4 is 14.8 Å². The average molecular weight is 304 g/mol. The maximum absolute atomic E-state index is 12.1. The molecule has 0 bridgehead atoms. The van der Waals surface area contributed by atoms with Crippen molar-refractivity contribution in [3.63, 3.8) is 0 Å². The monoisotopic (exact) mass is 303 g/mol. The van der Waals surface area contributed by atoms with Crippen LogP contribution >= 0.6 is 11.6 Å². The number of amides is 1. The van der Waals surface area contributed by atoms with Gasteiger partial charge in [-0.3, -0.25) is 4.79 Å². The van der Waals surface area contributed by atoms with Crippen LogP contribution in [0, 0.1) is 0 Å². The van der Waals surface area contributed by atoms with Crippen LogP contribution in [0.4, 0.5) is 0 Å². The van der Waals surface area contributed by atoms with Crippen molar-refractivity contribution in [2.75, 3.05) is 6.79 Å². The highest BCUT2D eigenvalue weighted by atomic mass is 35.5. The Kier molecular flexibility index (Phi) is 3.97. The molecule has 0 fully saturated rings. The number of alkyl halides is 1. The summed E-state index contributed by atoms with van der Waals surface area (Å²) in [6, 6.07) is 12.9. The zero-order chi connectivity index (χ0) is 14.7. The van der Waals surface area contributed by atoms with Gasteiger partial charge in [-0.2, -0.15) is 0 Å². The van der Waals surface area contributed by atoms with E-state index in [-0.39, 0.29) is 12.7 Å². The van der Waals surface area contributed by atoms with Crippen molar-refractivity contribution in [2.45, 2.75) is 12.4 Å². The Bertz CT molecular complexity index is 672. The van der Waals surface area contributed by atoms with Gasteiger partial charge in [-0.15, -0.1) is 11.6 Å². The molecule has 0 spiro atoms. The number of nitrogens with one attached hydrogen (secondary N) is 1. The molecule has 5 heteroatoms. The second kappa shape index (κ2) is 6.06. The summed E-state index contributed by atoms with van der Waals surface area (Å²) in [6.07, 6.45) is 0. The van der Waals surface area contributed by atoms with E-state index in [0.717, 1.165) is 16.9 Å². The van der Waals surface area contributed by atoms with Gasteiger partial charge in [-0.1, -0.05) is 18.2 Å². The molecule has 0 unspecified atom stereocenters. The van der Waals surface area contributed by atoms with Gasteiger partial charge in [0, 0.05) is 18.0 Å². The Balaban J connectivity index is 1.65. The van der Waals surface area contributed by atoms with E-state index >= 15 is 0 Å². The summed E-state index contributed by atoms with van der Waals surface area (Å²) in [6.45, 7) is 0.678. The number of benzene rings is 2. The zero-order valence-electron chi connectivity index (χ0n) is 11.3. The Morgan fingerprint density at radius 2 is 1.95 bits per heavy atom. The number of ether oxygens (including phenoxy) is 2. The minimum Gasteiger partial charge on any atom is -0.454 e. The van der Waals surface area contributed by atoms with Crippen molar-refractivity contribution in [1.82, 2.24) is 5.32 Å². The Morgan fingerprint density at radius 3 is 2.81 bits per heavy atom. The van der Waals surface area contributed by atoms with E-state index in [0.29, 0.717) is 23.7 Å². The molecule has 1 aliphatic heterocycles. The minimum atomic E-state index is -0.125. The van der Waals surface area contributed by atoms with Crippen molar-refractivity contribution >= 4 is 17.5 Å². The van der Waals surface area contributed by atoms with Gasteiger partial charge in [0.05, 0.1) is 0 Å². The smallest absolute Gasteiger partial charge is 0.251 e. The molecule has 21 heavy (non-hydrogen) atoms. The molecule has 2 aromatic rings. The summed E-state index contributed by atoms with van der Waals surface area (Å²) in [5, 5.41) is 2.88. The van der Waals surface area contributed by atoms with Gasteiger partial charge in [0.25, 0.3) is 5.91 Å². The maximum atomic E-state index is 12.1. The Hall–Kier alpha value is -2.20. The Morgan fingerprint density at radius 1 is 1.10 bits per heavy atom. The lowest BCUT2D eigenvalue weighted by Gasteiger charge is -2.07. The van der Waals surface area contributed by atoms with Gasteiger partial charge in [-0.05, 0) is 35.4 Å². The predicted octanol–water partition coefficient (Wildman–Crippen LogP) is 3.08. The summed E-state index contributed by atoms with van der Waals surface area (Å²) in [5.41, 5.74) is 2.49. The van der Waals surface area contributed by atoms with E-state index in [1.807, 2.05) is 30.3 Å². The fraction of sp³-hybridized carbons (Fsp3) is 0.188. The second-order valence-corrected chi connectivity index (χ2v) is 4.97. The van der Waals surface area contributed by atoms with Crippen molar-refractivity contribution in [3.05, 3.63) is 59.2 Å². The number of carbonyl (C=O) groups excluding carboxylic acids is 1. The van der Waals surface area contributed by atoms with Gasteiger partial charge < -0.3 is 14.8 Å². The molecule has 0 saturated carbocycles. The summed E-state index contributed by atoms with van der Waals surface area (Å²) in [7, 11) is 0. The molecular weight excluding hydrogens is 290 g/mol. The van der Waals surface area contributed by atoms with Crippen molar-refractivity contribution < 1.29 is 14.3 Å². The summed E-state index contributed by atoms with van der Waals surface area (Å²) >= 11 is 5.77. The fourth-order valence-corrected chi connectivity index (χ4v) is 2.30. The summed E-state index contributed by atoms with van der Waals surface area (Å²) in [5.74, 6) is 1.72. The second-order valence-electron chi connectivity index (χ2n) is 4.70. The van der Waals surface area contributed by atoms with Crippen molar-refractivity contribution in [1.29, 1.82) is 0 Å². The molecule has 0 atom stereocenters. The molecule has 4 nitrogen and oxygen atoms in total. The molecule has 0 aliphatic carbocycles. The van der Waals surface area contributed by atoms with E-state index in [1.54, 1.807) is 12.1 Å². The van der Waals surface area contributed by atoms with Crippen LogP contribution in [0.2, 0.25) is 0 Å². The third-order valence-electron chi connectivity index (χ3n) is 3.23. The summed E-state index contributed by atoms with van der Waals surface area (Å²) in [4.78, 5) is 12.1. The van der Waals surface area contributed by atoms with Crippen molar-refractivity contribution in [3.8, 4) is 11.5 Å². The SMILES string of the molecule is O=C(NCc1ccc2c(c1)OCO2)c1cccc(CCl)c1. The van der Waals surface area contributed by atoms with Crippen LogP contribution in [-0.2, 0) is 12.4 Å². The van der Waals surface area contributed by atoms with Gasteiger partial charge in [-0.25, -0.2) is 0 Å². The van der Waals surface area contributed by atoms with E-state index < -0.39 is 0 Å². The van der Waals surface area contributed by atoms with Crippen LogP contribution in [0.1, 0.15) is 21.5 Å². The third kappa shape index (κ3) is 3.11. The number of hydrogen-bond donors (Lipinski definition) is 1. The predicted molar refractivity (Wildman–Crippen MR) is 79.7 cm³/mol. The number of rotatable bonds is 4. The topological polar surface area (TPSA) is 47.6 Å². The van der Waals surface area contributed by atoms with E-state index in [4.69, 9.17) is 21.1 Å². The molecule has 0 radical (unpaired) electrons. The van der Waals surface area contributed by atoms with Crippen LogP contribution in [0.15, 0.2) is 42.5 Å². The number of hydrogen-bond acceptors (Lipinski definition) is 3. The molecule has 1 aliphatic rings. The first-order chi connectivity index (χ1) is 10.3. The molecule has 1 heterocycles. The summed E-state index contributed by atoms with van der Waals surface area (Å²) < 4.78 is 10.6. The molecule has 1 amide bonds. The maximum Gasteiger partial charge on any atom is 0.251 e. The molecule has 0 aromatic heterocycles. The highest BCUT2D eigenvalue weighted by Crippen LogP contribution is 2.32.